The highest BCUT2D eigenvalue weighted by atomic mass is 16.5. The third-order valence-corrected chi connectivity index (χ3v) is 4.06. The highest BCUT2D eigenvalue weighted by Gasteiger charge is 2.29. The Bertz CT molecular complexity index is 235. The van der Waals surface area contributed by atoms with Crippen LogP contribution in [0.1, 0.15) is 45.4 Å². The number of ether oxygens (including phenoxy) is 2. The molecule has 2 N–H and O–H groups in total. The first-order valence-corrected chi connectivity index (χ1v) is 7.30. The van der Waals surface area contributed by atoms with Crippen molar-refractivity contribution in [2.75, 3.05) is 26.4 Å². The SMILES string of the molecule is CC1(NCC(O)COC2CCCCC2)CCOC1. The molecular weight excluding hydrogens is 230 g/mol. The number of rotatable bonds is 6. The van der Waals surface area contributed by atoms with Crippen molar-refractivity contribution in [3.05, 3.63) is 0 Å². The fraction of sp³-hybridized carbons (Fsp3) is 1.00. The Morgan fingerprint density at radius 2 is 2.17 bits per heavy atom. The van der Waals surface area contributed by atoms with E-state index in [4.69, 9.17) is 9.47 Å². The van der Waals surface area contributed by atoms with Gasteiger partial charge in [-0.25, -0.2) is 0 Å². The van der Waals surface area contributed by atoms with E-state index in [2.05, 4.69) is 12.2 Å². The third kappa shape index (κ3) is 4.50. The summed E-state index contributed by atoms with van der Waals surface area (Å²) < 4.78 is 11.1. The van der Waals surface area contributed by atoms with Crippen LogP contribution in [0.2, 0.25) is 0 Å². The van der Waals surface area contributed by atoms with Crippen LogP contribution in [0, 0.1) is 0 Å². The number of aliphatic hydroxyl groups is 1. The van der Waals surface area contributed by atoms with Gasteiger partial charge in [0.2, 0.25) is 0 Å². The van der Waals surface area contributed by atoms with E-state index in [9.17, 15) is 5.11 Å². The molecule has 2 rings (SSSR count). The van der Waals surface area contributed by atoms with E-state index in [0.29, 0.717) is 19.3 Å². The number of hydrogen-bond acceptors (Lipinski definition) is 4. The molecule has 2 fully saturated rings. The minimum absolute atomic E-state index is 0.0336. The van der Waals surface area contributed by atoms with Crippen LogP contribution in [0.4, 0.5) is 0 Å². The number of nitrogens with one attached hydrogen (secondary N) is 1. The summed E-state index contributed by atoms with van der Waals surface area (Å²) in [5.74, 6) is 0. The maximum atomic E-state index is 9.93. The van der Waals surface area contributed by atoms with E-state index in [1.165, 1.54) is 19.3 Å². The summed E-state index contributed by atoms with van der Waals surface area (Å²) in [5.41, 5.74) is 0.0336. The lowest BCUT2D eigenvalue weighted by atomic mass is 9.98. The van der Waals surface area contributed by atoms with Crippen molar-refractivity contribution < 1.29 is 14.6 Å². The zero-order valence-corrected chi connectivity index (χ0v) is 11.5. The largest absolute Gasteiger partial charge is 0.389 e. The molecular formula is C14H27NO3. The number of β-amino-alcohol motifs (C(OH)–C–C–N with tert-alkyl or cyclic N) is 1. The van der Waals surface area contributed by atoms with Crippen LogP contribution >= 0.6 is 0 Å². The van der Waals surface area contributed by atoms with Crippen molar-refractivity contribution in [1.29, 1.82) is 0 Å². The molecule has 0 aromatic carbocycles. The van der Waals surface area contributed by atoms with Crippen LogP contribution in [-0.2, 0) is 9.47 Å². The average Bonchev–Trinajstić information content (AvgIpc) is 2.83. The first-order chi connectivity index (χ1) is 8.68. The molecule has 0 bridgehead atoms. The topological polar surface area (TPSA) is 50.7 Å². The van der Waals surface area contributed by atoms with E-state index in [-0.39, 0.29) is 5.54 Å². The Kier molecular flexibility index (Phi) is 5.42. The molecule has 106 valence electrons. The van der Waals surface area contributed by atoms with E-state index in [1.54, 1.807) is 0 Å². The van der Waals surface area contributed by atoms with Gasteiger partial charge in [0, 0.05) is 18.7 Å². The normalized spacial score (nSPS) is 31.7. The minimum atomic E-state index is -0.413. The number of aliphatic hydroxyl groups excluding tert-OH is 1. The van der Waals surface area contributed by atoms with E-state index >= 15 is 0 Å². The van der Waals surface area contributed by atoms with Crippen molar-refractivity contribution in [2.45, 2.75) is 63.2 Å². The second kappa shape index (κ2) is 6.85. The molecule has 0 aromatic rings. The van der Waals surface area contributed by atoms with Gasteiger partial charge in [0.05, 0.1) is 25.4 Å². The molecule has 1 saturated carbocycles. The predicted octanol–water partition coefficient (Wildman–Crippen LogP) is 1.47. The minimum Gasteiger partial charge on any atom is -0.389 e. The van der Waals surface area contributed by atoms with Crippen LogP contribution in [-0.4, -0.2) is 49.2 Å². The Labute approximate surface area is 110 Å². The summed E-state index contributed by atoms with van der Waals surface area (Å²) in [6, 6.07) is 0. The van der Waals surface area contributed by atoms with Gasteiger partial charge in [0.1, 0.15) is 0 Å². The maximum Gasteiger partial charge on any atom is 0.0898 e. The van der Waals surface area contributed by atoms with Gasteiger partial charge in [0.15, 0.2) is 0 Å². The zero-order chi connectivity index (χ0) is 12.8. The molecule has 0 aromatic heterocycles. The van der Waals surface area contributed by atoms with Crippen molar-refractivity contribution >= 4 is 0 Å². The predicted molar refractivity (Wildman–Crippen MR) is 70.7 cm³/mol. The quantitative estimate of drug-likeness (QED) is 0.756. The fourth-order valence-corrected chi connectivity index (χ4v) is 2.71. The molecule has 1 aliphatic heterocycles. The maximum absolute atomic E-state index is 9.93. The second-order valence-corrected chi connectivity index (χ2v) is 5.99. The highest BCUT2D eigenvalue weighted by molar-refractivity contribution is 4.87. The molecule has 1 aliphatic carbocycles. The molecule has 1 saturated heterocycles. The lowest BCUT2D eigenvalue weighted by Crippen LogP contribution is -2.47. The van der Waals surface area contributed by atoms with Crippen LogP contribution in [0.3, 0.4) is 0 Å². The zero-order valence-electron chi connectivity index (χ0n) is 11.5. The van der Waals surface area contributed by atoms with Gasteiger partial charge in [-0.2, -0.15) is 0 Å². The lowest BCUT2D eigenvalue weighted by Gasteiger charge is -2.27. The second-order valence-electron chi connectivity index (χ2n) is 5.99. The molecule has 18 heavy (non-hydrogen) atoms. The Balaban J connectivity index is 1.58. The van der Waals surface area contributed by atoms with Crippen molar-refractivity contribution in [3.63, 3.8) is 0 Å². The highest BCUT2D eigenvalue weighted by Crippen LogP contribution is 2.20. The first-order valence-electron chi connectivity index (χ1n) is 7.30. The van der Waals surface area contributed by atoms with Gasteiger partial charge in [-0.1, -0.05) is 19.3 Å². The molecule has 2 unspecified atom stereocenters. The van der Waals surface area contributed by atoms with Crippen molar-refractivity contribution in [1.82, 2.24) is 5.32 Å². The average molecular weight is 257 g/mol. The molecule has 0 radical (unpaired) electrons. The van der Waals surface area contributed by atoms with E-state index in [1.807, 2.05) is 0 Å². The van der Waals surface area contributed by atoms with Crippen molar-refractivity contribution in [2.24, 2.45) is 0 Å². The van der Waals surface area contributed by atoms with Gasteiger partial charge >= 0.3 is 0 Å². The summed E-state index contributed by atoms with van der Waals surface area (Å²) in [6.45, 7) is 4.75. The summed E-state index contributed by atoms with van der Waals surface area (Å²) >= 11 is 0. The Morgan fingerprint density at radius 1 is 1.39 bits per heavy atom. The summed E-state index contributed by atoms with van der Waals surface area (Å²) in [6.07, 6.45) is 7.18. The van der Waals surface area contributed by atoms with E-state index < -0.39 is 6.10 Å². The van der Waals surface area contributed by atoms with Gasteiger partial charge < -0.3 is 19.9 Å². The summed E-state index contributed by atoms with van der Waals surface area (Å²) in [4.78, 5) is 0. The molecule has 4 heteroatoms. The molecule has 2 atom stereocenters. The first kappa shape index (κ1) is 14.3. The Morgan fingerprint density at radius 3 is 2.83 bits per heavy atom. The van der Waals surface area contributed by atoms with E-state index in [0.717, 1.165) is 32.5 Å². The molecule has 0 amide bonds. The molecule has 1 heterocycles. The monoisotopic (exact) mass is 257 g/mol. The Hall–Kier alpha value is -0.160. The lowest BCUT2D eigenvalue weighted by molar-refractivity contribution is -0.0248. The van der Waals surface area contributed by atoms with Crippen LogP contribution in [0.15, 0.2) is 0 Å². The van der Waals surface area contributed by atoms with Gasteiger partial charge in [-0.15, -0.1) is 0 Å². The smallest absolute Gasteiger partial charge is 0.0898 e. The van der Waals surface area contributed by atoms with Crippen molar-refractivity contribution in [3.8, 4) is 0 Å². The number of hydrogen-bond donors (Lipinski definition) is 2. The summed E-state index contributed by atoms with van der Waals surface area (Å²) in [7, 11) is 0. The van der Waals surface area contributed by atoms with Gasteiger partial charge in [-0.05, 0) is 26.2 Å². The molecule has 2 aliphatic rings. The van der Waals surface area contributed by atoms with Crippen LogP contribution < -0.4 is 5.32 Å². The third-order valence-electron chi connectivity index (χ3n) is 4.06. The van der Waals surface area contributed by atoms with Gasteiger partial charge in [0.25, 0.3) is 0 Å². The van der Waals surface area contributed by atoms with Crippen LogP contribution in [0.5, 0.6) is 0 Å². The van der Waals surface area contributed by atoms with Crippen LogP contribution in [0.25, 0.3) is 0 Å². The standard InChI is InChI=1S/C14H27NO3/c1-14(7-8-17-11-14)15-9-12(16)10-18-13-5-3-2-4-6-13/h12-13,15-16H,2-11H2,1H3. The summed E-state index contributed by atoms with van der Waals surface area (Å²) in [5, 5.41) is 13.3. The van der Waals surface area contributed by atoms with Gasteiger partial charge in [-0.3, -0.25) is 0 Å². The fourth-order valence-electron chi connectivity index (χ4n) is 2.71. The molecule has 4 nitrogen and oxygen atoms in total. The molecule has 0 spiro atoms.